The van der Waals surface area contributed by atoms with E-state index >= 15 is 0 Å². The van der Waals surface area contributed by atoms with Crippen molar-refractivity contribution in [3.05, 3.63) is 0 Å². The van der Waals surface area contributed by atoms with Gasteiger partial charge in [0.15, 0.2) is 12.6 Å². The number of cyclic esters (lactones) is 1. The van der Waals surface area contributed by atoms with Crippen LogP contribution in [0.3, 0.4) is 0 Å². The summed E-state index contributed by atoms with van der Waals surface area (Å²) in [6.45, 7) is 18.3. The van der Waals surface area contributed by atoms with Gasteiger partial charge in [-0.15, -0.1) is 0 Å². The van der Waals surface area contributed by atoms with E-state index in [4.69, 9.17) is 33.2 Å². The summed E-state index contributed by atoms with van der Waals surface area (Å²) in [4.78, 5) is 16.3. The summed E-state index contributed by atoms with van der Waals surface area (Å²) in [5.41, 5.74) is -3.72. The SMILES string of the molecule is CC[C@@H](O)[C@@](C)(O)[C@@H]1OC(=O)[C@H](C)[C@@H](O[C@H]2C[C@@](C)(OC)[C@@H](O)[C@H](C)O2)[C@H](C)[C@@H](O[C@H]2O[C@H](C)C[C@H](N(C)C)[C@H]2O)[C@@]2(C)C[C@@H](C)[C@H](O2)[C@H]1C. The molecule has 4 N–H and O–H groups in total. The number of aliphatic hydroxyl groups excluding tert-OH is 3. The largest absolute Gasteiger partial charge is 0.459 e. The Balaban J connectivity index is 1.82. The first kappa shape index (κ1) is 41.8. The predicted molar refractivity (Wildman–Crippen MR) is 184 cm³/mol. The van der Waals surface area contributed by atoms with E-state index in [0.29, 0.717) is 12.8 Å². The van der Waals surface area contributed by atoms with Crippen molar-refractivity contribution in [3.63, 3.8) is 0 Å². The molecule has 4 saturated heterocycles. The number of esters is 1. The average Bonchev–Trinajstić information content (AvgIpc) is 3.36. The molecule has 0 unspecified atom stereocenters. The molecular formula is C37H67NO12. The highest BCUT2D eigenvalue weighted by atomic mass is 16.7. The van der Waals surface area contributed by atoms with Crippen LogP contribution in [0.1, 0.15) is 94.9 Å². The van der Waals surface area contributed by atoms with E-state index in [2.05, 4.69) is 6.92 Å². The molecule has 0 radical (unpaired) electrons. The van der Waals surface area contributed by atoms with E-state index in [9.17, 15) is 25.2 Å². The van der Waals surface area contributed by atoms with Crippen molar-refractivity contribution >= 4 is 5.97 Å². The molecule has 0 aromatic heterocycles. The van der Waals surface area contributed by atoms with Crippen LogP contribution in [0.5, 0.6) is 0 Å². The molecule has 0 saturated carbocycles. The Labute approximate surface area is 299 Å². The smallest absolute Gasteiger partial charge is 0.311 e. The summed E-state index contributed by atoms with van der Waals surface area (Å²) in [5, 5.41) is 45.2. The van der Waals surface area contributed by atoms with Gasteiger partial charge in [-0.2, -0.15) is 0 Å². The highest BCUT2D eigenvalue weighted by Gasteiger charge is 2.59. The molecule has 4 rings (SSSR count). The zero-order chi connectivity index (χ0) is 37.7. The normalized spacial score (nSPS) is 49.6. The van der Waals surface area contributed by atoms with Gasteiger partial charge in [-0.1, -0.05) is 27.7 Å². The second-order valence-corrected chi connectivity index (χ2v) is 16.8. The molecule has 19 atom stereocenters. The summed E-state index contributed by atoms with van der Waals surface area (Å²) < 4.78 is 45.1. The molecule has 4 heterocycles. The molecule has 292 valence electrons. The van der Waals surface area contributed by atoms with Crippen molar-refractivity contribution in [3.8, 4) is 0 Å². The molecule has 0 aromatic rings. The van der Waals surface area contributed by atoms with Crippen LogP contribution in [0.4, 0.5) is 0 Å². The standard InChI is InChI=1S/C37H67NO12/c1-14-25(39)37(10,43)32-20(4)28-18(2)16-36(9,50-28)31(49-34-27(40)24(38(11)12)15-19(3)45-34)21(5)29(22(6)33(42)48-32)47-26-17-35(8,44-13)30(41)23(7)46-26/h18-32,34,39-41,43H,14-17H2,1-13H3/t18-,19-,20-,21+,22-,23+,24+,25-,26+,27-,28+,29+,30+,31-,32-,34-,35-,36-,37-/m1/s1. The Kier molecular flexibility index (Phi) is 13.2. The maximum absolute atomic E-state index is 14.3. The number of ether oxygens (including phenoxy) is 7. The van der Waals surface area contributed by atoms with Crippen LogP contribution in [0.25, 0.3) is 0 Å². The number of hydrogen-bond donors (Lipinski definition) is 4. The van der Waals surface area contributed by atoms with Gasteiger partial charge in [0.2, 0.25) is 0 Å². The van der Waals surface area contributed by atoms with Gasteiger partial charge >= 0.3 is 5.97 Å². The second kappa shape index (κ2) is 15.8. The van der Waals surface area contributed by atoms with Crippen LogP contribution in [-0.2, 0) is 38.0 Å². The van der Waals surface area contributed by atoms with E-state index in [1.54, 1.807) is 27.7 Å². The number of aliphatic hydroxyl groups is 4. The van der Waals surface area contributed by atoms with Gasteiger partial charge < -0.3 is 58.5 Å². The minimum atomic E-state index is -1.78. The van der Waals surface area contributed by atoms with E-state index in [1.807, 2.05) is 46.7 Å². The number of likely N-dealkylation sites (N-methyl/N-ethyl adjacent to an activating group) is 1. The van der Waals surface area contributed by atoms with Crippen molar-refractivity contribution in [1.29, 1.82) is 0 Å². The quantitative estimate of drug-likeness (QED) is 0.258. The van der Waals surface area contributed by atoms with Crippen molar-refractivity contribution in [1.82, 2.24) is 4.90 Å². The number of hydrogen-bond acceptors (Lipinski definition) is 13. The van der Waals surface area contributed by atoms with Gasteiger partial charge in [0.05, 0.1) is 53.7 Å². The Morgan fingerprint density at radius 2 is 1.66 bits per heavy atom. The summed E-state index contributed by atoms with van der Waals surface area (Å²) in [7, 11) is 5.37. The first-order valence-corrected chi connectivity index (χ1v) is 18.6. The highest BCUT2D eigenvalue weighted by Crippen LogP contribution is 2.48. The third-order valence-corrected chi connectivity index (χ3v) is 12.4. The molecule has 4 aliphatic rings. The van der Waals surface area contributed by atoms with Crippen LogP contribution in [0, 0.1) is 23.7 Å². The van der Waals surface area contributed by atoms with Gasteiger partial charge in [-0.05, 0) is 80.8 Å². The lowest BCUT2D eigenvalue weighted by Gasteiger charge is -2.48. The molecule has 0 spiro atoms. The van der Waals surface area contributed by atoms with Crippen LogP contribution < -0.4 is 0 Å². The second-order valence-electron chi connectivity index (χ2n) is 16.8. The van der Waals surface area contributed by atoms with Crippen molar-refractivity contribution in [2.75, 3.05) is 21.2 Å². The molecular weight excluding hydrogens is 650 g/mol. The van der Waals surface area contributed by atoms with Gasteiger partial charge in [0.1, 0.15) is 23.9 Å². The van der Waals surface area contributed by atoms with Gasteiger partial charge in [-0.25, -0.2) is 0 Å². The number of methoxy groups -OCH3 is 1. The fraction of sp³-hybridized carbons (Fsp3) is 0.973. The topological polar surface area (TPSA) is 166 Å². The fourth-order valence-corrected chi connectivity index (χ4v) is 9.20. The van der Waals surface area contributed by atoms with Crippen molar-refractivity contribution in [2.45, 2.75) is 185 Å². The van der Waals surface area contributed by atoms with Crippen LogP contribution in [-0.4, -0.2) is 143 Å². The van der Waals surface area contributed by atoms with E-state index in [0.717, 1.165) is 0 Å². The number of carbonyl (C=O) groups is 1. The Bertz CT molecular complexity index is 1140. The third kappa shape index (κ3) is 8.08. The van der Waals surface area contributed by atoms with E-state index in [1.165, 1.54) is 14.0 Å². The first-order valence-electron chi connectivity index (χ1n) is 18.6. The zero-order valence-electron chi connectivity index (χ0n) is 32.6. The van der Waals surface area contributed by atoms with Gasteiger partial charge in [0.25, 0.3) is 0 Å². The molecule has 2 bridgehead atoms. The number of nitrogens with zero attached hydrogens (tertiary/aromatic N) is 1. The average molecular weight is 718 g/mol. The highest BCUT2D eigenvalue weighted by molar-refractivity contribution is 5.73. The maximum Gasteiger partial charge on any atom is 0.311 e. The van der Waals surface area contributed by atoms with Crippen LogP contribution >= 0.6 is 0 Å². The van der Waals surface area contributed by atoms with Crippen molar-refractivity contribution in [2.24, 2.45) is 23.7 Å². The number of rotatable bonds is 9. The molecule has 13 heteroatoms. The van der Waals surface area contributed by atoms with Gasteiger partial charge in [-0.3, -0.25) is 4.79 Å². The lowest BCUT2D eigenvalue weighted by molar-refractivity contribution is -0.318. The third-order valence-electron chi connectivity index (χ3n) is 12.4. The monoisotopic (exact) mass is 717 g/mol. The molecule has 4 fully saturated rings. The summed E-state index contributed by atoms with van der Waals surface area (Å²) in [5.74, 6) is -2.67. The fourth-order valence-electron chi connectivity index (χ4n) is 9.20. The van der Waals surface area contributed by atoms with Crippen molar-refractivity contribution < 1.29 is 58.4 Å². The summed E-state index contributed by atoms with van der Waals surface area (Å²) in [6.07, 6.45) is -7.36. The number of carbonyl (C=O) groups excluding carboxylic acids is 1. The maximum atomic E-state index is 14.3. The minimum absolute atomic E-state index is 0.0580. The van der Waals surface area contributed by atoms with Crippen LogP contribution in [0.2, 0.25) is 0 Å². The van der Waals surface area contributed by atoms with Gasteiger partial charge in [0, 0.05) is 31.4 Å². The number of fused-ring (bicyclic) bond motifs is 2. The van der Waals surface area contributed by atoms with E-state index in [-0.39, 0.29) is 30.9 Å². The molecule has 13 nitrogen and oxygen atoms in total. The Morgan fingerprint density at radius 1 is 1.02 bits per heavy atom. The summed E-state index contributed by atoms with van der Waals surface area (Å²) >= 11 is 0. The molecule has 0 amide bonds. The minimum Gasteiger partial charge on any atom is -0.459 e. The molecule has 50 heavy (non-hydrogen) atoms. The van der Waals surface area contributed by atoms with E-state index < -0.39 is 102 Å². The lowest BCUT2D eigenvalue weighted by atomic mass is 9.76. The molecule has 4 aliphatic heterocycles. The Morgan fingerprint density at radius 3 is 2.24 bits per heavy atom. The molecule has 0 aliphatic carbocycles. The predicted octanol–water partition coefficient (Wildman–Crippen LogP) is 2.62. The molecule has 0 aromatic carbocycles. The summed E-state index contributed by atoms with van der Waals surface area (Å²) in [6, 6.07) is -0.213. The first-order chi connectivity index (χ1) is 23.1. The lowest BCUT2D eigenvalue weighted by Crippen LogP contribution is -2.60. The Hall–Kier alpha value is -0.970. The van der Waals surface area contributed by atoms with Crippen LogP contribution in [0.15, 0.2) is 0 Å². The zero-order valence-corrected chi connectivity index (χ0v) is 32.6.